The van der Waals surface area contributed by atoms with Crippen LogP contribution in [0.15, 0.2) is 36.4 Å². The Bertz CT molecular complexity index is 1150. The Labute approximate surface area is 250 Å². The third kappa shape index (κ3) is 9.82. The molecule has 0 unspecified atom stereocenters. The summed E-state index contributed by atoms with van der Waals surface area (Å²) in [4.78, 5) is 27.8. The van der Waals surface area contributed by atoms with Crippen molar-refractivity contribution in [3.8, 4) is 0 Å². The van der Waals surface area contributed by atoms with E-state index in [1.807, 2.05) is 46.4 Å². The van der Waals surface area contributed by atoms with Gasteiger partial charge in [0, 0.05) is 36.8 Å². The molecule has 0 saturated carbocycles. The second-order valence-electron chi connectivity index (χ2n) is 12.1. The largest absolute Gasteiger partial charge is 0.444 e. The highest BCUT2D eigenvalue weighted by atomic mass is 79.9. The van der Waals surface area contributed by atoms with Crippen LogP contribution in [0.25, 0.3) is 0 Å². The minimum Gasteiger partial charge on any atom is -0.444 e. The van der Waals surface area contributed by atoms with E-state index >= 15 is 0 Å². The normalized spacial score (nSPS) is 15.3. The summed E-state index contributed by atoms with van der Waals surface area (Å²) in [5.41, 5.74) is 6.93. The summed E-state index contributed by atoms with van der Waals surface area (Å²) in [6, 6.07) is 13.0. The number of benzene rings is 2. The van der Waals surface area contributed by atoms with E-state index in [9.17, 15) is 9.59 Å². The average Bonchev–Trinajstić information content (AvgIpc) is 3.08. The fraction of sp³-hybridized carbons (Fsp3) is 0.548. The Balaban J connectivity index is 0.000000216. The van der Waals surface area contributed by atoms with Gasteiger partial charge in [0.15, 0.2) is 0 Å². The maximum atomic E-state index is 12.1. The quantitative estimate of drug-likeness (QED) is 0.307. The molecule has 0 fully saturated rings. The lowest BCUT2D eigenvalue weighted by molar-refractivity contribution is 0.0221. The highest BCUT2D eigenvalue weighted by molar-refractivity contribution is 9.08. The van der Waals surface area contributed by atoms with Gasteiger partial charge >= 0.3 is 12.2 Å². The number of hydrogen-bond donors (Lipinski definition) is 0. The van der Waals surface area contributed by atoms with Gasteiger partial charge in [0.1, 0.15) is 11.2 Å². The van der Waals surface area contributed by atoms with E-state index in [1.54, 1.807) is 4.90 Å². The number of rotatable bonds is 2. The Hall–Kier alpha value is -2.06. The molecule has 6 nitrogen and oxygen atoms in total. The maximum Gasteiger partial charge on any atom is 0.410 e. The molecule has 0 N–H and O–H groups in total. The van der Waals surface area contributed by atoms with E-state index < -0.39 is 11.2 Å². The third-order valence-corrected chi connectivity index (χ3v) is 7.76. The standard InChI is InChI=1S/C16H22BrNO2.C15H20BrNO2/c1-16(2,3)20-15(19)18-8-6-13-5-4-12(11-17)10-14(13)7-9-18;1-15(2,3)19-14(18)17-7-6-12-5-4-11(9-16)8-13(12)10-17/h4-5,10H,6-9,11H2,1-3H3;4-5,8H,6-7,9-10H2,1-3H3. The van der Waals surface area contributed by atoms with E-state index in [0.29, 0.717) is 6.54 Å². The van der Waals surface area contributed by atoms with Gasteiger partial charge in [0.25, 0.3) is 0 Å². The number of hydrogen-bond acceptors (Lipinski definition) is 4. The second kappa shape index (κ2) is 13.5. The highest BCUT2D eigenvalue weighted by Gasteiger charge is 2.26. The van der Waals surface area contributed by atoms with Crippen molar-refractivity contribution in [1.29, 1.82) is 0 Å². The first-order valence-electron chi connectivity index (χ1n) is 13.6. The predicted molar refractivity (Wildman–Crippen MR) is 164 cm³/mol. The number of carbonyl (C=O) groups excluding carboxylic acids is 2. The summed E-state index contributed by atoms with van der Waals surface area (Å²) < 4.78 is 10.9. The number of fused-ring (bicyclic) bond motifs is 2. The molecule has 0 saturated heterocycles. The summed E-state index contributed by atoms with van der Waals surface area (Å²) in [6.07, 6.45) is 2.28. The van der Waals surface area contributed by atoms with Crippen molar-refractivity contribution < 1.29 is 19.1 Å². The van der Waals surface area contributed by atoms with Crippen LogP contribution in [0, 0.1) is 0 Å². The molecule has 0 aromatic heterocycles. The summed E-state index contributed by atoms with van der Waals surface area (Å²) in [5.74, 6) is 0. The first kappa shape index (κ1) is 31.5. The van der Waals surface area contributed by atoms with Gasteiger partial charge in [0.05, 0.1) is 0 Å². The first-order chi connectivity index (χ1) is 18.3. The molecule has 8 heteroatoms. The van der Waals surface area contributed by atoms with E-state index in [0.717, 1.165) is 49.6 Å². The van der Waals surface area contributed by atoms with Crippen molar-refractivity contribution in [2.24, 2.45) is 0 Å². The average molecular weight is 666 g/mol. The van der Waals surface area contributed by atoms with Crippen LogP contribution >= 0.6 is 31.9 Å². The molecule has 0 radical (unpaired) electrons. The molecule has 2 aliphatic heterocycles. The molecule has 214 valence electrons. The molecule has 2 aliphatic rings. The molecule has 39 heavy (non-hydrogen) atoms. The SMILES string of the molecule is CC(C)(C)OC(=O)N1CCc2ccc(CBr)cc2C1.CC(C)(C)OC(=O)N1CCc2ccc(CBr)cc2CC1. The zero-order chi connectivity index (χ0) is 28.8. The zero-order valence-corrected chi connectivity index (χ0v) is 27.3. The topological polar surface area (TPSA) is 59.1 Å². The Morgan fingerprint density at radius 1 is 0.667 bits per heavy atom. The van der Waals surface area contributed by atoms with Crippen LogP contribution in [0.3, 0.4) is 0 Å². The van der Waals surface area contributed by atoms with Gasteiger partial charge in [-0.3, -0.25) is 0 Å². The van der Waals surface area contributed by atoms with Gasteiger partial charge in [0.2, 0.25) is 0 Å². The number of amides is 2. The van der Waals surface area contributed by atoms with Gasteiger partial charge < -0.3 is 19.3 Å². The first-order valence-corrected chi connectivity index (χ1v) is 15.8. The van der Waals surface area contributed by atoms with Crippen LogP contribution in [0.5, 0.6) is 0 Å². The van der Waals surface area contributed by atoms with Crippen LogP contribution in [0.1, 0.15) is 74.9 Å². The van der Waals surface area contributed by atoms with Gasteiger partial charge in [-0.15, -0.1) is 0 Å². The van der Waals surface area contributed by atoms with Crippen LogP contribution in [-0.4, -0.2) is 52.8 Å². The molecule has 2 amide bonds. The van der Waals surface area contributed by atoms with Gasteiger partial charge in [-0.2, -0.15) is 0 Å². The minimum absolute atomic E-state index is 0.203. The number of halogens is 2. The number of nitrogens with zero attached hydrogens (tertiary/aromatic N) is 2. The molecule has 0 aliphatic carbocycles. The number of ether oxygens (including phenoxy) is 2. The summed E-state index contributed by atoms with van der Waals surface area (Å²) in [6.45, 7) is 14.2. The molecule has 0 atom stereocenters. The smallest absolute Gasteiger partial charge is 0.410 e. The molecule has 0 spiro atoms. The zero-order valence-electron chi connectivity index (χ0n) is 24.1. The Kier molecular flexibility index (Phi) is 10.9. The van der Waals surface area contributed by atoms with Crippen LogP contribution in [0.2, 0.25) is 0 Å². The van der Waals surface area contributed by atoms with E-state index in [4.69, 9.17) is 9.47 Å². The molecule has 2 aromatic rings. The van der Waals surface area contributed by atoms with Crippen molar-refractivity contribution in [1.82, 2.24) is 9.80 Å². The van der Waals surface area contributed by atoms with Crippen molar-refractivity contribution in [2.45, 2.75) is 89.2 Å². The summed E-state index contributed by atoms with van der Waals surface area (Å²) >= 11 is 6.95. The Morgan fingerprint density at radius 2 is 1.08 bits per heavy atom. The molecular formula is C31H42Br2N2O4. The van der Waals surface area contributed by atoms with Gasteiger partial charge in [-0.1, -0.05) is 68.3 Å². The third-order valence-electron chi connectivity index (χ3n) is 6.47. The number of alkyl halides is 2. The van der Waals surface area contributed by atoms with Crippen LogP contribution in [-0.2, 0) is 45.9 Å². The van der Waals surface area contributed by atoms with E-state index in [2.05, 4.69) is 68.3 Å². The fourth-order valence-corrected chi connectivity index (χ4v) is 5.24. The lowest BCUT2D eigenvalue weighted by Crippen LogP contribution is -2.39. The predicted octanol–water partition coefficient (Wildman–Crippen LogP) is 7.79. The molecule has 2 aromatic carbocycles. The molecular weight excluding hydrogens is 624 g/mol. The second-order valence-corrected chi connectivity index (χ2v) is 13.2. The van der Waals surface area contributed by atoms with Crippen LogP contribution < -0.4 is 0 Å². The van der Waals surface area contributed by atoms with Crippen LogP contribution in [0.4, 0.5) is 9.59 Å². The molecule has 0 bridgehead atoms. The van der Waals surface area contributed by atoms with Crippen molar-refractivity contribution in [3.63, 3.8) is 0 Å². The minimum atomic E-state index is -0.435. The summed E-state index contributed by atoms with van der Waals surface area (Å²) in [7, 11) is 0. The summed E-state index contributed by atoms with van der Waals surface area (Å²) in [5, 5.41) is 1.71. The lowest BCUT2D eigenvalue weighted by Gasteiger charge is -2.31. The van der Waals surface area contributed by atoms with Gasteiger partial charge in [-0.05, 0) is 94.2 Å². The molecule has 4 rings (SSSR count). The van der Waals surface area contributed by atoms with E-state index in [1.165, 1.54) is 33.4 Å². The van der Waals surface area contributed by atoms with E-state index in [-0.39, 0.29) is 12.2 Å². The van der Waals surface area contributed by atoms with Crippen molar-refractivity contribution in [3.05, 3.63) is 69.8 Å². The highest BCUT2D eigenvalue weighted by Crippen LogP contribution is 2.23. The lowest BCUT2D eigenvalue weighted by atomic mass is 9.98. The fourth-order valence-electron chi connectivity index (χ4n) is 4.55. The number of carbonyl (C=O) groups is 2. The molecule has 2 heterocycles. The Morgan fingerprint density at radius 3 is 1.56 bits per heavy atom. The maximum absolute atomic E-state index is 12.1. The van der Waals surface area contributed by atoms with Crippen molar-refractivity contribution >= 4 is 44.0 Å². The monoisotopic (exact) mass is 664 g/mol. The van der Waals surface area contributed by atoms with Gasteiger partial charge in [-0.25, -0.2) is 9.59 Å². The van der Waals surface area contributed by atoms with Crippen molar-refractivity contribution in [2.75, 3.05) is 19.6 Å².